The molecule has 0 radical (unpaired) electrons. The molecule has 0 unspecified atom stereocenters. The smallest absolute Gasteiger partial charge is 0.187 e. The molecule has 0 aliphatic carbocycles. The molecule has 10 heteroatoms. The number of hydrogen-bond acceptors (Lipinski definition) is 9. The summed E-state index contributed by atoms with van der Waals surface area (Å²) in [4.78, 5) is 24.7. The van der Waals surface area contributed by atoms with Gasteiger partial charge in [-0.2, -0.15) is 5.26 Å². The van der Waals surface area contributed by atoms with E-state index in [1.54, 1.807) is 45.3 Å². The quantitative estimate of drug-likeness (QED) is 0.185. The first-order chi connectivity index (χ1) is 20.6. The highest BCUT2D eigenvalue weighted by Crippen LogP contribution is 2.41. The van der Waals surface area contributed by atoms with Crippen LogP contribution in [0, 0.1) is 17.9 Å². The molecular formula is C32H14N6S4. The Hall–Kier alpha value is -4.84. The molecule has 0 atom stereocenters. The van der Waals surface area contributed by atoms with Gasteiger partial charge in [-0.05, 0) is 47.2 Å². The molecule has 4 aromatic heterocycles. The lowest BCUT2D eigenvalue weighted by Gasteiger charge is -1.97. The predicted molar refractivity (Wildman–Crippen MR) is 174 cm³/mol. The summed E-state index contributed by atoms with van der Waals surface area (Å²) >= 11 is 6.55. The van der Waals surface area contributed by atoms with Crippen LogP contribution in [0.5, 0.6) is 0 Å². The van der Waals surface area contributed by atoms with Gasteiger partial charge in [-0.3, -0.25) is 0 Å². The number of aromatic nitrogens is 4. The summed E-state index contributed by atoms with van der Waals surface area (Å²) in [7, 11) is 0. The molecule has 4 aromatic carbocycles. The molecule has 0 amide bonds. The number of fused-ring (bicyclic) bond motifs is 3. The first kappa shape index (κ1) is 24.9. The Bertz CT molecular complexity index is 2140. The van der Waals surface area contributed by atoms with Crippen LogP contribution in [0.3, 0.4) is 0 Å². The molecule has 0 N–H and O–H groups in total. The second kappa shape index (κ2) is 9.91. The summed E-state index contributed by atoms with van der Waals surface area (Å²) in [6.45, 7) is 7.15. The second-order valence-corrected chi connectivity index (χ2v) is 13.6. The molecule has 0 bridgehead atoms. The third-order valence-corrected chi connectivity index (χ3v) is 11.3. The molecule has 6 nitrogen and oxygen atoms in total. The van der Waals surface area contributed by atoms with E-state index >= 15 is 0 Å². The Morgan fingerprint density at radius 2 is 1.12 bits per heavy atom. The average Bonchev–Trinajstić information content (AvgIpc) is 3.84. The summed E-state index contributed by atoms with van der Waals surface area (Å²) in [5, 5.41) is 15.1. The van der Waals surface area contributed by atoms with E-state index < -0.39 is 0 Å². The van der Waals surface area contributed by atoms with Crippen molar-refractivity contribution in [3.8, 4) is 47.0 Å². The Morgan fingerprint density at radius 3 is 1.60 bits per heavy atom. The SMILES string of the molecule is [C-]#[N+]c1ccc(-c2ncc(-c3nc4cc5cc6sc(-c7cnc(-c8ccc(C#N)cc8)s7)nc6cc5cc4s3)s2)cc1. The van der Waals surface area contributed by atoms with E-state index in [0.717, 1.165) is 72.1 Å². The lowest BCUT2D eigenvalue weighted by atomic mass is 10.1. The van der Waals surface area contributed by atoms with Gasteiger partial charge in [-0.15, -0.1) is 45.3 Å². The van der Waals surface area contributed by atoms with Gasteiger partial charge in [0.25, 0.3) is 0 Å². The average molecular weight is 611 g/mol. The first-order valence-corrected chi connectivity index (χ1v) is 16.0. The third-order valence-electron chi connectivity index (χ3n) is 6.79. The highest BCUT2D eigenvalue weighted by Gasteiger charge is 2.15. The molecule has 42 heavy (non-hydrogen) atoms. The molecular weight excluding hydrogens is 597 g/mol. The van der Waals surface area contributed by atoms with Crippen LogP contribution in [0.2, 0.25) is 0 Å². The Balaban J connectivity index is 1.11. The van der Waals surface area contributed by atoms with Crippen LogP contribution >= 0.6 is 45.3 Å². The van der Waals surface area contributed by atoms with Crippen molar-refractivity contribution in [2.24, 2.45) is 0 Å². The maximum Gasteiger partial charge on any atom is 0.187 e. The lowest BCUT2D eigenvalue weighted by molar-refractivity contribution is 1.40. The molecule has 0 saturated carbocycles. The van der Waals surface area contributed by atoms with Crippen molar-refractivity contribution >= 4 is 82.2 Å². The van der Waals surface area contributed by atoms with Crippen LogP contribution < -0.4 is 0 Å². The molecule has 0 fully saturated rings. The second-order valence-electron chi connectivity index (χ2n) is 9.43. The van der Waals surface area contributed by atoms with Crippen LogP contribution in [0.4, 0.5) is 5.69 Å². The molecule has 196 valence electrons. The number of thiazole rings is 4. The third kappa shape index (κ3) is 4.35. The minimum atomic E-state index is 0.623. The van der Waals surface area contributed by atoms with Gasteiger partial charge in [-0.25, -0.2) is 24.8 Å². The number of benzene rings is 4. The zero-order valence-corrected chi connectivity index (χ0v) is 24.7. The molecule has 0 saturated heterocycles. The Labute approximate surface area is 255 Å². The van der Waals surface area contributed by atoms with E-state index in [1.807, 2.05) is 60.9 Å². The van der Waals surface area contributed by atoms with Gasteiger partial charge >= 0.3 is 0 Å². The molecule has 0 aliphatic heterocycles. The van der Waals surface area contributed by atoms with Crippen molar-refractivity contribution in [1.82, 2.24) is 19.9 Å². The number of rotatable bonds is 4. The fourth-order valence-corrected chi connectivity index (χ4v) is 8.60. The zero-order valence-electron chi connectivity index (χ0n) is 21.4. The van der Waals surface area contributed by atoms with Crippen LogP contribution in [-0.2, 0) is 0 Å². The van der Waals surface area contributed by atoms with E-state index in [4.69, 9.17) is 21.8 Å². The maximum atomic E-state index is 9.06. The van der Waals surface area contributed by atoms with E-state index in [9.17, 15) is 0 Å². The van der Waals surface area contributed by atoms with Crippen molar-refractivity contribution in [2.45, 2.75) is 0 Å². The highest BCUT2D eigenvalue weighted by molar-refractivity contribution is 7.27. The molecule has 8 aromatic rings. The van der Waals surface area contributed by atoms with Gasteiger partial charge < -0.3 is 0 Å². The van der Waals surface area contributed by atoms with Gasteiger partial charge in [0.05, 0.1) is 48.4 Å². The van der Waals surface area contributed by atoms with Gasteiger partial charge in [0.15, 0.2) is 5.69 Å². The van der Waals surface area contributed by atoms with E-state index in [2.05, 4.69) is 45.1 Å². The molecule has 0 aliphatic rings. The van der Waals surface area contributed by atoms with Crippen LogP contribution in [0.15, 0.2) is 85.2 Å². The van der Waals surface area contributed by atoms with Gasteiger partial charge in [0, 0.05) is 23.5 Å². The van der Waals surface area contributed by atoms with Crippen molar-refractivity contribution < 1.29 is 0 Å². The van der Waals surface area contributed by atoms with Crippen LogP contribution in [0.25, 0.3) is 77.0 Å². The summed E-state index contributed by atoms with van der Waals surface area (Å²) in [6.07, 6.45) is 3.76. The van der Waals surface area contributed by atoms with Crippen LogP contribution in [-0.4, -0.2) is 19.9 Å². The number of nitriles is 1. The normalized spacial score (nSPS) is 11.3. The van der Waals surface area contributed by atoms with Crippen molar-refractivity contribution in [3.05, 3.63) is 102 Å². The number of nitrogens with zero attached hydrogens (tertiary/aromatic N) is 6. The number of hydrogen-bond donors (Lipinski definition) is 0. The summed E-state index contributed by atoms with van der Waals surface area (Å²) in [6, 6.07) is 25.9. The minimum absolute atomic E-state index is 0.623. The molecule has 8 rings (SSSR count). The monoisotopic (exact) mass is 610 g/mol. The Morgan fingerprint density at radius 1 is 0.619 bits per heavy atom. The summed E-state index contributed by atoms with van der Waals surface area (Å²) in [5.41, 5.74) is 5.19. The first-order valence-electron chi connectivity index (χ1n) is 12.7. The van der Waals surface area contributed by atoms with Gasteiger partial charge in [-0.1, -0.05) is 36.4 Å². The van der Waals surface area contributed by atoms with Crippen molar-refractivity contribution in [2.75, 3.05) is 0 Å². The fourth-order valence-electron chi connectivity index (χ4n) is 4.68. The van der Waals surface area contributed by atoms with E-state index in [0.29, 0.717) is 11.3 Å². The van der Waals surface area contributed by atoms with E-state index in [1.165, 1.54) is 0 Å². The summed E-state index contributed by atoms with van der Waals surface area (Å²) in [5.74, 6) is 0. The fraction of sp³-hybridized carbons (Fsp3) is 0. The highest BCUT2D eigenvalue weighted by atomic mass is 32.1. The van der Waals surface area contributed by atoms with Gasteiger partial charge in [0.2, 0.25) is 0 Å². The Kier molecular flexibility index (Phi) is 5.88. The van der Waals surface area contributed by atoms with E-state index in [-0.39, 0.29) is 0 Å². The van der Waals surface area contributed by atoms with Crippen molar-refractivity contribution in [3.63, 3.8) is 0 Å². The maximum absolute atomic E-state index is 9.06. The largest absolute Gasteiger partial charge is 0.244 e. The minimum Gasteiger partial charge on any atom is -0.244 e. The lowest BCUT2D eigenvalue weighted by Crippen LogP contribution is -1.76. The van der Waals surface area contributed by atoms with Gasteiger partial charge in [0.1, 0.15) is 20.0 Å². The zero-order chi connectivity index (χ0) is 28.2. The standard InChI is InChI=1S/C32H14N6S4/c1-34-22-8-6-19(7-9-22)30-36-16-28(42-30)32-38-24-11-21-12-25-23(10-20(21)13-26(24)40-32)37-31(39-25)27-15-35-29(41-27)18-4-2-17(14-33)3-5-18/h2-13,15-16H. The summed E-state index contributed by atoms with van der Waals surface area (Å²) < 4.78 is 2.25. The molecule has 4 heterocycles. The molecule has 0 spiro atoms. The van der Waals surface area contributed by atoms with Crippen molar-refractivity contribution in [1.29, 1.82) is 5.26 Å². The topological polar surface area (TPSA) is 79.7 Å². The van der Waals surface area contributed by atoms with Crippen LogP contribution in [0.1, 0.15) is 5.56 Å². The predicted octanol–water partition coefficient (Wildman–Crippen LogP) is 10.1.